The summed E-state index contributed by atoms with van der Waals surface area (Å²) >= 11 is 0. The molecule has 0 fully saturated rings. The Morgan fingerprint density at radius 2 is 1.95 bits per heavy atom. The van der Waals surface area contributed by atoms with E-state index in [1.165, 1.54) is 5.56 Å². The predicted molar refractivity (Wildman–Crippen MR) is 78.7 cm³/mol. The van der Waals surface area contributed by atoms with Gasteiger partial charge in [-0.1, -0.05) is 36.4 Å². The Labute approximate surface area is 119 Å². The molecule has 20 heavy (non-hydrogen) atoms. The number of ether oxygens (including phenoxy) is 1. The maximum Gasteiger partial charge on any atom is 0.144 e. The Bertz CT molecular complexity index is 635. The molecular weight excluding hydrogens is 246 g/mol. The fourth-order valence-corrected chi connectivity index (χ4v) is 3.44. The number of nitrogens with zero attached hydrogens (tertiary/aromatic N) is 1. The van der Waals surface area contributed by atoms with Gasteiger partial charge >= 0.3 is 0 Å². The molecule has 0 amide bonds. The number of hydrogen-bond donors (Lipinski definition) is 0. The molecule has 3 atom stereocenters. The topological polar surface area (TPSA) is 22.1 Å². The second-order valence-corrected chi connectivity index (χ2v) is 5.53. The van der Waals surface area contributed by atoms with Crippen molar-refractivity contribution >= 4 is 0 Å². The highest BCUT2D eigenvalue weighted by Crippen LogP contribution is 2.49. The van der Waals surface area contributed by atoms with Crippen molar-refractivity contribution in [2.45, 2.75) is 24.9 Å². The molecule has 100 valence electrons. The van der Waals surface area contributed by atoms with Gasteiger partial charge in [-0.2, -0.15) is 0 Å². The lowest BCUT2D eigenvalue weighted by Crippen LogP contribution is -2.31. The molecule has 1 aromatic heterocycles. The standard InChI is InChI=1S/C18H17NO/c1-2-9-15-13(7-1)14-8-3-4-11-17(14)20-18(15)16-10-5-6-12-19-16/h1,3-8,10-13,15,18H,2,9H2/t13-,15-,18+/m1/s1. The Morgan fingerprint density at radius 3 is 2.85 bits per heavy atom. The van der Waals surface area contributed by atoms with E-state index in [0.29, 0.717) is 11.8 Å². The van der Waals surface area contributed by atoms with Crippen molar-refractivity contribution in [1.82, 2.24) is 4.98 Å². The van der Waals surface area contributed by atoms with Crippen LogP contribution in [0.25, 0.3) is 0 Å². The number of rotatable bonds is 1. The average Bonchev–Trinajstić information content (AvgIpc) is 2.55. The second kappa shape index (κ2) is 4.78. The van der Waals surface area contributed by atoms with Crippen LogP contribution in [0, 0.1) is 5.92 Å². The normalized spacial score (nSPS) is 27.3. The quantitative estimate of drug-likeness (QED) is 0.717. The van der Waals surface area contributed by atoms with Crippen molar-refractivity contribution < 1.29 is 4.74 Å². The lowest BCUT2D eigenvalue weighted by atomic mass is 9.74. The van der Waals surface area contributed by atoms with Crippen LogP contribution >= 0.6 is 0 Å². The van der Waals surface area contributed by atoms with Gasteiger partial charge in [-0.25, -0.2) is 0 Å². The molecule has 2 heterocycles. The van der Waals surface area contributed by atoms with Gasteiger partial charge in [0.1, 0.15) is 11.9 Å². The summed E-state index contributed by atoms with van der Waals surface area (Å²) in [5.74, 6) is 1.96. The predicted octanol–water partition coefficient (Wildman–Crippen LogP) is 4.27. The summed E-state index contributed by atoms with van der Waals surface area (Å²) in [6.45, 7) is 0. The van der Waals surface area contributed by atoms with Crippen LogP contribution in [-0.4, -0.2) is 4.98 Å². The molecule has 1 aliphatic heterocycles. The Kier molecular flexibility index (Phi) is 2.80. The van der Waals surface area contributed by atoms with Crippen LogP contribution in [0.1, 0.15) is 36.1 Å². The lowest BCUT2D eigenvalue weighted by molar-refractivity contribution is 0.0906. The minimum atomic E-state index is 0.0704. The van der Waals surface area contributed by atoms with Crippen molar-refractivity contribution in [2.75, 3.05) is 0 Å². The van der Waals surface area contributed by atoms with Crippen molar-refractivity contribution in [1.29, 1.82) is 0 Å². The third kappa shape index (κ3) is 1.83. The van der Waals surface area contributed by atoms with E-state index in [1.807, 2.05) is 24.4 Å². The van der Waals surface area contributed by atoms with Gasteiger partial charge in [-0.3, -0.25) is 4.98 Å². The Balaban J connectivity index is 1.81. The number of para-hydroxylation sites is 1. The summed E-state index contributed by atoms with van der Waals surface area (Å²) in [5.41, 5.74) is 2.37. The van der Waals surface area contributed by atoms with Crippen LogP contribution in [0.2, 0.25) is 0 Å². The van der Waals surface area contributed by atoms with E-state index in [-0.39, 0.29) is 6.10 Å². The molecule has 2 aromatic rings. The summed E-state index contributed by atoms with van der Waals surface area (Å²) in [5, 5.41) is 0. The highest BCUT2D eigenvalue weighted by molar-refractivity contribution is 5.42. The van der Waals surface area contributed by atoms with Gasteiger partial charge in [0, 0.05) is 23.6 Å². The molecular formula is C18H17NO. The zero-order chi connectivity index (χ0) is 13.4. The van der Waals surface area contributed by atoms with Crippen molar-refractivity contribution in [2.24, 2.45) is 5.92 Å². The molecule has 1 aromatic carbocycles. The van der Waals surface area contributed by atoms with E-state index in [1.54, 1.807) is 0 Å². The Morgan fingerprint density at radius 1 is 1.05 bits per heavy atom. The Hall–Kier alpha value is -2.09. The molecule has 0 saturated carbocycles. The first-order chi connectivity index (χ1) is 9.93. The molecule has 0 bridgehead atoms. The van der Waals surface area contributed by atoms with E-state index in [9.17, 15) is 0 Å². The molecule has 1 aliphatic carbocycles. The first-order valence-electron chi connectivity index (χ1n) is 7.26. The van der Waals surface area contributed by atoms with Crippen LogP contribution in [0.5, 0.6) is 5.75 Å². The summed E-state index contributed by atoms with van der Waals surface area (Å²) in [6, 6.07) is 14.5. The molecule has 0 spiro atoms. The van der Waals surface area contributed by atoms with Gasteiger partial charge in [0.15, 0.2) is 0 Å². The first kappa shape index (κ1) is 11.7. The number of aromatic nitrogens is 1. The number of hydrogen-bond acceptors (Lipinski definition) is 2. The van der Waals surface area contributed by atoms with Crippen molar-refractivity contribution in [3.8, 4) is 5.75 Å². The molecule has 2 heteroatoms. The third-order valence-electron chi connectivity index (χ3n) is 4.37. The summed E-state index contributed by atoms with van der Waals surface area (Å²) in [4.78, 5) is 4.52. The fraction of sp³-hybridized carbons (Fsp3) is 0.278. The SMILES string of the molecule is C1=C[C@@H]2c3ccccc3O[C@H](c3ccccn3)[C@@H]2CC1. The minimum absolute atomic E-state index is 0.0704. The highest BCUT2D eigenvalue weighted by atomic mass is 16.5. The fourth-order valence-electron chi connectivity index (χ4n) is 3.44. The number of allylic oxidation sites excluding steroid dienone is 2. The largest absolute Gasteiger partial charge is 0.483 e. The molecule has 2 nitrogen and oxygen atoms in total. The minimum Gasteiger partial charge on any atom is -0.483 e. The van der Waals surface area contributed by atoms with Gasteiger partial charge in [0.05, 0.1) is 5.69 Å². The van der Waals surface area contributed by atoms with Crippen LogP contribution in [0.3, 0.4) is 0 Å². The maximum absolute atomic E-state index is 6.29. The van der Waals surface area contributed by atoms with E-state index >= 15 is 0 Å². The number of benzene rings is 1. The smallest absolute Gasteiger partial charge is 0.144 e. The van der Waals surface area contributed by atoms with Gasteiger partial charge in [-0.05, 0) is 31.0 Å². The van der Waals surface area contributed by atoms with E-state index in [0.717, 1.165) is 24.3 Å². The summed E-state index contributed by atoms with van der Waals surface area (Å²) in [7, 11) is 0. The van der Waals surface area contributed by atoms with Gasteiger partial charge < -0.3 is 4.74 Å². The average molecular weight is 263 g/mol. The van der Waals surface area contributed by atoms with Crippen LogP contribution in [0.4, 0.5) is 0 Å². The first-order valence-corrected chi connectivity index (χ1v) is 7.26. The number of pyridine rings is 1. The zero-order valence-corrected chi connectivity index (χ0v) is 11.3. The van der Waals surface area contributed by atoms with Gasteiger partial charge in [0.2, 0.25) is 0 Å². The molecule has 2 aliphatic rings. The van der Waals surface area contributed by atoms with E-state index in [4.69, 9.17) is 4.74 Å². The van der Waals surface area contributed by atoms with Crippen LogP contribution in [-0.2, 0) is 0 Å². The second-order valence-electron chi connectivity index (χ2n) is 5.53. The molecule has 0 radical (unpaired) electrons. The highest BCUT2D eigenvalue weighted by Gasteiger charge is 2.39. The third-order valence-corrected chi connectivity index (χ3v) is 4.37. The summed E-state index contributed by atoms with van der Waals surface area (Å²) in [6.07, 6.45) is 8.88. The lowest BCUT2D eigenvalue weighted by Gasteiger charge is -2.40. The molecule has 0 N–H and O–H groups in total. The van der Waals surface area contributed by atoms with E-state index < -0.39 is 0 Å². The molecule has 0 unspecified atom stereocenters. The van der Waals surface area contributed by atoms with Crippen molar-refractivity contribution in [3.63, 3.8) is 0 Å². The number of fused-ring (bicyclic) bond motifs is 3. The molecule has 0 saturated heterocycles. The summed E-state index contributed by atoms with van der Waals surface area (Å²) < 4.78 is 6.29. The van der Waals surface area contributed by atoms with E-state index in [2.05, 4.69) is 41.4 Å². The van der Waals surface area contributed by atoms with Crippen LogP contribution in [0.15, 0.2) is 60.8 Å². The van der Waals surface area contributed by atoms with Crippen molar-refractivity contribution in [3.05, 3.63) is 72.1 Å². The zero-order valence-electron chi connectivity index (χ0n) is 11.3. The molecule has 4 rings (SSSR count). The monoisotopic (exact) mass is 263 g/mol. The maximum atomic E-state index is 6.29. The van der Waals surface area contributed by atoms with Crippen LogP contribution < -0.4 is 4.74 Å². The van der Waals surface area contributed by atoms with Gasteiger partial charge in [-0.15, -0.1) is 0 Å². The van der Waals surface area contributed by atoms with Gasteiger partial charge in [0.25, 0.3) is 0 Å².